The van der Waals surface area contributed by atoms with Crippen molar-refractivity contribution >= 4 is 33.0 Å². The van der Waals surface area contributed by atoms with Gasteiger partial charge in [0.05, 0.1) is 5.69 Å². The van der Waals surface area contributed by atoms with Gasteiger partial charge in [-0.05, 0) is 48.2 Å². The molecule has 8 nitrogen and oxygen atoms in total. The van der Waals surface area contributed by atoms with Crippen molar-refractivity contribution in [1.29, 1.82) is 0 Å². The lowest BCUT2D eigenvalue weighted by Crippen LogP contribution is -2.30. The second-order valence-corrected chi connectivity index (χ2v) is 9.30. The number of thiophene rings is 1. The molecular weight excluding hydrogens is 412 g/mol. The van der Waals surface area contributed by atoms with Crippen molar-refractivity contribution in [3.05, 3.63) is 60.2 Å². The van der Waals surface area contributed by atoms with Gasteiger partial charge in [-0.1, -0.05) is 6.07 Å². The van der Waals surface area contributed by atoms with E-state index in [1.165, 1.54) is 22.7 Å². The third kappa shape index (κ3) is 5.58. The van der Waals surface area contributed by atoms with Gasteiger partial charge in [0.25, 0.3) is 15.9 Å². The molecule has 0 aliphatic heterocycles. The average molecular weight is 435 g/mol. The second-order valence-electron chi connectivity index (χ2n) is 6.16. The molecule has 1 amide bonds. The van der Waals surface area contributed by atoms with Gasteiger partial charge >= 0.3 is 0 Å². The van der Waals surface area contributed by atoms with Gasteiger partial charge < -0.3 is 10.1 Å². The molecule has 10 heteroatoms. The van der Waals surface area contributed by atoms with Gasteiger partial charge in [0.2, 0.25) is 0 Å². The minimum absolute atomic E-state index is 0.107. The number of hydrogen-bond acceptors (Lipinski definition) is 6. The first-order valence-electron chi connectivity index (χ1n) is 8.96. The van der Waals surface area contributed by atoms with Crippen LogP contribution in [0.3, 0.4) is 0 Å². The number of carbonyl (C=O) groups excluding carboxylic acids is 1. The normalized spacial score (nSPS) is 11.2. The average Bonchev–Trinajstić information content (AvgIpc) is 3.44. The lowest BCUT2D eigenvalue weighted by atomic mass is 10.3. The van der Waals surface area contributed by atoms with E-state index in [-0.39, 0.29) is 16.7 Å². The highest BCUT2D eigenvalue weighted by Crippen LogP contribution is 2.26. The topological polar surface area (TPSA) is 93.5 Å². The number of nitrogens with zero attached hydrogens (tertiary/aromatic N) is 3. The number of ether oxygens (including phenoxy) is 1. The summed E-state index contributed by atoms with van der Waals surface area (Å²) in [5.41, 5.74) is 0.508. The quantitative estimate of drug-likeness (QED) is 0.495. The first-order chi connectivity index (χ1) is 14.0. The Morgan fingerprint density at radius 3 is 2.69 bits per heavy atom. The molecule has 0 saturated carbocycles. The number of carbonyl (C=O) groups is 1. The highest BCUT2D eigenvalue weighted by atomic mass is 32.2. The highest BCUT2D eigenvalue weighted by molar-refractivity contribution is 7.94. The molecule has 0 radical (unpaired) electrons. The number of hydrogen-bond donors (Lipinski definition) is 1. The van der Waals surface area contributed by atoms with E-state index in [1.807, 2.05) is 12.3 Å². The zero-order valence-corrected chi connectivity index (χ0v) is 17.5. The lowest BCUT2D eigenvalue weighted by molar-refractivity contribution is -0.123. The zero-order valence-electron chi connectivity index (χ0n) is 15.9. The van der Waals surface area contributed by atoms with Crippen molar-refractivity contribution in [2.45, 2.75) is 17.2 Å². The minimum atomic E-state index is -3.58. The number of amides is 1. The van der Waals surface area contributed by atoms with E-state index in [2.05, 4.69) is 10.4 Å². The number of aromatic nitrogens is 2. The van der Waals surface area contributed by atoms with Crippen LogP contribution < -0.4 is 14.4 Å². The van der Waals surface area contributed by atoms with Gasteiger partial charge in [0, 0.05) is 32.5 Å². The van der Waals surface area contributed by atoms with Gasteiger partial charge in [-0.3, -0.25) is 13.8 Å². The molecule has 3 rings (SSSR count). The van der Waals surface area contributed by atoms with Gasteiger partial charge in [-0.2, -0.15) is 5.10 Å². The fourth-order valence-corrected chi connectivity index (χ4v) is 4.89. The molecule has 3 aromatic rings. The van der Waals surface area contributed by atoms with Crippen LogP contribution in [0.4, 0.5) is 5.69 Å². The van der Waals surface area contributed by atoms with Crippen LogP contribution in [-0.2, 0) is 21.4 Å². The molecule has 2 heterocycles. The van der Waals surface area contributed by atoms with Crippen LogP contribution in [0.1, 0.15) is 6.42 Å². The Morgan fingerprint density at radius 1 is 1.24 bits per heavy atom. The molecule has 0 fully saturated rings. The molecular formula is C19H22N4O4S2. The van der Waals surface area contributed by atoms with E-state index in [0.29, 0.717) is 18.0 Å². The summed E-state index contributed by atoms with van der Waals surface area (Å²) in [4.78, 5) is 11.9. The molecule has 154 valence electrons. The number of sulfonamides is 1. The molecule has 0 aliphatic carbocycles. The van der Waals surface area contributed by atoms with Crippen molar-refractivity contribution < 1.29 is 17.9 Å². The molecule has 1 aromatic carbocycles. The molecule has 0 unspecified atom stereocenters. The van der Waals surface area contributed by atoms with E-state index in [1.54, 1.807) is 52.7 Å². The smallest absolute Gasteiger partial charge is 0.273 e. The van der Waals surface area contributed by atoms with Crippen molar-refractivity contribution in [1.82, 2.24) is 15.1 Å². The summed E-state index contributed by atoms with van der Waals surface area (Å²) in [5.74, 6) is 0.272. The molecule has 2 aromatic heterocycles. The Labute approximate surface area is 173 Å². The maximum Gasteiger partial charge on any atom is 0.273 e. The van der Waals surface area contributed by atoms with Crippen LogP contribution in [-0.4, -0.2) is 44.3 Å². The van der Waals surface area contributed by atoms with E-state index >= 15 is 0 Å². The Morgan fingerprint density at radius 2 is 2.03 bits per heavy atom. The number of nitrogens with one attached hydrogen (secondary N) is 1. The van der Waals surface area contributed by atoms with Crippen LogP contribution in [0.2, 0.25) is 0 Å². The summed E-state index contributed by atoms with van der Waals surface area (Å²) >= 11 is 1.17. The summed E-state index contributed by atoms with van der Waals surface area (Å²) in [7, 11) is -2.07. The summed E-state index contributed by atoms with van der Waals surface area (Å²) in [6.07, 6.45) is 4.36. The summed E-state index contributed by atoms with van der Waals surface area (Å²) in [6, 6.07) is 11.7. The summed E-state index contributed by atoms with van der Waals surface area (Å²) in [5, 5.41) is 8.61. The number of rotatable bonds is 10. The molecule has 29 heavy (non-hydrogen) atoms. The van der Waals surface area contributed by atoms with E-state index in [4.69, 9.17) is 4.74 Å². The lowest BCUT2D eigenvalue weighted by Gasteiger charge is -2.18. The van der Waals surface area contributed by atoms with Gasteiger partial charge in [0.1, 0.15) is 9.96 Å². The van der Waals surface area contributed by atoms with Crippen LogP contribution in [0.5, 0.6) is 5.75 Å². The van der Waals surface area contributed by atoms with E-state index < -0.39 is 10.0 Å². The third-order valence-electron chi connectivity index (χ3n) is 4.13. The minimum Gasteiger partial charge on any atom is -0.484 e. The number of aryl methyl sites for hydroxylation is 1. The third-order valence-corrected chi connectivity index (χ3v) is 7.28. The van der Waals surface area contributed by atoms with Crippen LogP contribution in [0.25, 0.3) is 0 Å². The van der Waals surface area contributed by atoms with Gasteiger partial charge in [-0.15, -0.1) is 11.3 Å². The predicted molar refractivity (Wildman–Crippen MR) is 112 cm³/mol. The highest BCUT2D eigenvalue weighted by Gasteiger charge is 2.22. The van der Waals surface area contributed by atoms with Crippen molar-refractivity contribution in [2.75, 3.05) is 24.5 Å². The predicted octanol–water partition coefficient (Wildman–Crippen LogP) is 2.35. The fraction of sp³-hybridized carbons (Fsp3) is 0.263. The molecule has 0 bridgehead atoms. The fourth-order valence-electron chi connectivity index (χ4n) is 2.54. The molecule has 1 N–H and O–H groups in total. The summed E-state index contributed by atoms with van der Waals surface area (Å²) in [6.45, 7) is 1.16. The first kappa shape index (κ1) is 20.9. The number of benzene rings is 1. The van der Waals surface area contributed by atoms with Crippen LogP contribution in [0, 0.1) is 0 Å². The van der Waals surface area contributed by atoms with Crippen molar-refractivity contribution in [2.24, 2.45) is 0 Å². The van der Waals surface area contributed by atoms with Crippen LogP contribution in [0.15, 0.2) is 64.4 Å². The molecule has 0 aliphatic rings. The Bertz CT molecular complexity index is 1000. The zero-order chi connectivity index (χ0) is 20.7. The molecule has 0 spiro atoms. The van der Waals surface area contributed by atoms with Gasteiger partial charge in [0.15, 0.2) is 6.61 Å². The maximum atomic E-state index is 12.5. The molecule has 0 atom stereocenters. The van der Waals surface area contributed by atoms with E-state index in [0.717, 1.165) is 13.0 Å². The molecule has 0 saturated heterocycles. The maximum absolute atomic E-state index is 12.5. The standard InChI is InChI=1S/C19H22N4O4S2/c1-22(29(25,26)19-5-2-14-28-19)16-6-8-17(9-7-16)27-15-18(24)20-10-3-12-23-13-4-11-21-23/h2,4-9,11,13-14H,3,10,12,15H2,1H3,(H,20,24). The van der Waals surface area contributed by atoms with Gasteiger partial charge in [-0.25, -0.2) is 8.42 Å². The largest absolute Gasteiger partial charge is 0.484 e. The van der Waals surface area contributed by atoms with Crippen molar-refractivity contribution in [3.8, 4) is 5.75 Å². The first-order valence-corrected chi connectivity index (χ1v) is 11.3. The Kier molecular flexibility index (Phi) is 6.89. The summed E-state index contributed by atoms with van der Waals surface area (Å²) < 4.78 is 33.9. The number of anilines is 1. The van der Waals surface area contributed by atoms with E-state index in [9.17, 15) is 13.2 Å². The Balaban J connectivity index is 1.44. The second kappa shape index (κ2) is 9.57. The Hall–Kier alpha value is -2.85. The van der Waals surface area contributed by atoms with Crippen molar-refractivity contribution in [3.63, 3.8) is 0 Å². The SMILES string of the molecule is CN(c1ccc(OCC(=O)NCCCn2cccn2)cc1)S(=O)(=O)c1cccs1. The van der Waals surface area contributed by atoms with Crippen LogP contribution >= 0.6 is 11.3 Å². The monoisotopic (exact) mass is 434 g/mol.